The number of hydrogen-bond donors (Lipinski definition) is 2. The average Bonchev–Trinajstić information content (AvgIpc) is 2.34. The summed E-state index contributed by atoms with van der Waals surface area (Å²) in [6, 6.07) is 5.14. The van der Waals surface area contributed by atoms with Crippen molar-refractivity contribution in [1.29, 1.82) is 0 Å². The topological polar surface area (TPSA) is 70.9 Å². The Bertz CT molecular complexity index is 430. The van der Waals surface area contributed by atoms with Gasteiger partial charge in [-0.2, -0.15) is 5.10 Å². The van der Waals surface area contributed by atoms with E-state index in [0.29, 0.717) is 12.2 Å². The van der Waals surface area contributed by atoms with Crippen molar-refractivity contribution in [2.45, 2.75) is 26.7 Å². The van der Waals surface area contributed by atoms with E-state index in [0.717, 1.165) is 18.4 Å². The fourth-order valence-corrected chi connectivity index (χ4v) is 1.27. The third-order valence-corrected chi connectivity index (χ3v) is 2.27. The van der Waals surface area contributed by atoms with E-state index in [-0.39, 0.29) is 5.75 Å². The van der Waals surface area contributed by atoms with E-state index in [4.69, 9.17) is 4.74 Å². The number of aryl methyl sites for hydroxylation is 1. The van der Waals surface area contributed by atoms with E-state index in [1.54, 1.807) is 18.2 Å². The highest BCUT2D eigenvalue weighted by molar-refractivity contribution is 5.84. The fourth-order valence-electron chi connectivity index (χ4n) is 1.27. The molecule has 1 rings (SSSR count). The minimum absolute atomic E-state index is 0.116. The highest BCUT2D eigenvalue weighted by Gasteiger charge is 2.00. The van der Waals surface area contributed by atoms with E-state index in [1.807, 2.05) is 13.8 Å². The number of carbonyl (C=O) groups excluding carboxylic acids is 1. The standard InChI is InChI=1S/C13H18N2O3/c1-3-4-7-18-13(17)15-14-9-11-8-10(2)5-6-12(11)16/h5-6,8-9,16H,3-4,7H2,1-2H3,(H,15,17)/b14-9-. The maximum absolute atomic E-state index is 11.2. The largest absolute Gasteiger partial charge is 0.507 e. The number of nitrogens with one attached hydrogen (secondary N) is 1. The van der Waals surface area contributed by atoms with E-state index >= 15 is 0 Å². The first-order valence-corrected chi connectivity index (χ1v) is 5.89. The quantitative estimate of drug-likeness (QED) is 0.479. The maximum atomic E-state index is 11.2. The lowest BCUT2D eigenvalue weighted by Crippen LogP contribution is -2.19. The molecule has 0 aliphatic heterocycles. The van der Waals surface area contributed by atoms with Crippen molar-refractivity contribution < 1.29 is 14.6 Å². The van der Waals surface area contributed by atoms with Crippen LogP contribution in [0.4, 0.5) is 4.79 Å². The minimum Gasteiger partial charge on any atom is -0.507 e. The predicted molar refractivity (Wildman–Crippen MR) is 69.8 cm³/mol. The van der Waals surface area contributed by atoms with E-state index in [9.17, 15) is 9.90 Å². The molecule has 0 radical (unpaired) electrons. The Morgan fingerprint density at radius 2 is 2.33 bits per heavy atom. The summed E-state index contributed by atoms with van der Waals surface area (Å²) >= 11 is 0. The van der Waals surface area contributed by atoms with Gasteiger partial charge < -0.3 is 9.84 Å². The van der Waals surface area contributed by atoms with Gasteiger partial charge in [-0.1, -0.05) is 25.0 Å². The number of nitrogens with zero attached hydrogens (tertiary/aromatic N) is 1. The van der Waals surface area contributed by atoms with Gasteiger partial charge in [-0.05, 0) is 25.5 Å². The van der Waals surface area contributed by atoms with Gasteiger partial charge in [-0.3, -0.25) is 0 Å². The summed E-state index contributed by atoms with van der Waals surface area (Å²) in [5, 5.41) is 13.3. The molecule has 0 atom stereocenters. The van der Waals surface area contributed by atoms with Crippen molar-refractivity contribution >= 4 is 12.3 Å². The zero-order valence-electron chi connectivity index (χ0n) is 10.6. The van der Waals surface area contributed by atoms with Crippen LogP contribution in [0.3, 0.4) is 0 Å². The van der Waals surface area contributed by atoms with Gasteiger partial charge in [0.2, 0.25) is 0 Å². The number of phenols is 1. The molecule has 98 valence electrons. The van der Waals surface area contributed by atoms with Crippen LogP contribution >= 0.6 is 0 Å². The summed E-state index contributed by atoms with van der Waals surface area (Å²) in [7, 11) is 0. The van der Waals surface area contributed by atoms with Crippen molar-refractivity contribution in [3.63, 3.8) is 0 Å². The highest BCUT2D eigenvalue weighted by Crippen LogP contribution is 2.15. The Morgan fingerprint density at radius 1 is 1.56 bits per heavy atom. The molecule has 0 aliphatic carbocycles. The molecular formula is C13H18N2O3. The van der Waals surface area contributed by atoms with Gasteiger partial charge in [0.15, 0.2) is 0 Å². The molecule has 0 fully saturated rings. The smallest absolute Gasteiger partial charge is 0.427 e. The summed E-state index contributed by atoms with van der Waals surface area (Å²) in [6.45, 7) is 4.30. The van der Waals surface area contributed by atoms with Gasteiger partial charge in [0, 0.05) is 5.56 Å². The predicted octanol–water partition coefficient (Wildman–Crippen LogP) is 2.56. The number of carbonyl (C=O) groups is 1. The van der Waals surface area contributed by atoms with Crippen LogP contribution in [0.25, 0.3) is 0 Å². The molecule has 5 heteroatoms. The number of benzene rings is 1. The Morgan fingerprint density at radius 3 is 3.06 bits per heavy atom. The van der Waals surface area contributed by atoms with Gasteiger partial charge in [-0.25, -0.2) is 10.2 Å². The van der Waals surface area contributed by atoms with Gasteiger partial charge in [-0.15, -0.1) is 0 Å². The van der Waals surface area contributed by atoms with Gasteiger partial charge in [0.25, 0.3) is 0 Å². The lowest BCUT2D eigenvalue weighted by molar-refractivity contribution is 0.145. The van der Waals surface area contributed by atoms with Gasteiger partial charge >= 0.3 is 6.09 Å². The molecule has 0 bridgehead atoms. The number of phenolic OH excluding ortho intramolecular Hbond substituents is 1. The minimum atomic E-state index is -0.591. The Hall–Kier alpha value is -2.04. The average molecular weight is 250 g/mol. The second-order valence-electron chi connectivity index (χ2n) is 3.92. The third kappa shape index (κ3) is 4.86. The summed E-state index contributed by atoms with van der Waals surface area (Å²) < 4.78 is 4.85. The van der Waals surface area contributed by atoms with Crippen LogP contribution < -0.4 is 5.43 Å². The Kier molecular flexibility index (Phi) is 5.70. The van der Waals surface area contributed by atoms with Crippen molar-refractivity contribution in [2.75, 3.05) is 6.61 Å². The molecule has 0 unspecified atom stereocenters. The van der Waals surface area contributed by atoms with Crippen LogP contribution in [-0.2, 0) is 4.74 Å². The molecule has 1 aromatic rings. The molecule has 0 saturated carbocycles. The number of hydrogen-bond acceptors (Lipinski definition) is 4. The first-order chi connectivity index (χ1) is 8.63. The van der Waals surface area contributed by atoms with Gasteiger partial charge in [0.1, 0.15) is 5.75 Å². The lowest BCUT2D eigenvalue weighted by atomic mass is 10.1. The zero-order valence-corrected chi connectivity index (χ0v) is 10.6. The fraction of sp³-hybridized carbons (Fsp3) is 0.385. The normalized spacial score (nSPS) is 10.6. The maximum Gasteiger partial charge on any atom is 0.427 e. The first-order valence-electron chi connectivity index (χ1n) is 5.89. The molecule has 0 heterocycles. The highest BCUT2D eigenvalue weighted by atomic mass is 16.5. The van der Waals surface area contributed by atoms with Crippen LogP contribution in [0, 0.1) is 6.92 Å². The number of aromatic hydroxyl groups is 1. The van der Waals surface area contributed by atoms with Gasteiger partial charge in [0.05, 0.1) is 12.8 Å². The summed E-state index contributed by atoms with van der Waals surface area (Å²) in [5.41, 5.74) is 3.78. The molecule has 0 aromatic heterocycles. The second-order valence-corrected chi connectivity index (χ2v) is 3.92. The molecular weight excluding hydrogens is 232 g/mol. The van der Waals surface area contributed by atoms with Crippen LogP contribution in [0.2, 0.25) is 0 Å². The van der Waals surface area contributed by atoms with E-state index < -0.39 is 6.09 Å². The molecule has 0 spiro atoms. The summed E-state index contributed by atoms with van der Waals surface area (Å²) in [5.74, 6) is 0.116. The Balaban J connectivity index is 2.44. The summed E-state index contributed by atoms with van der Waals surface area (Å²) in [4.78, 5) is 11.2. The Labute approximate surface area is 106 Å². The summed E-state index contributed by atoms with van der Waals surface area (Å²) in [6.07, 6.45) is 2.58. The number of amides is 1. The van der Waals surface area contributed by atoms with Crippen molar-refractivity contribution in [3.8, 4) is 5.75 Å². The number of ether oxygens (including phenoxy) is 1. The molecule has 2 N–H and O–H groups in total. The van der Waals surface area contributed by atoms with Crippen molar-refractivity contribution in [3.05, 3.63) is 29.3 Å². The van der Waals surface area contributed by atoms with Crippen molar-refractivity contribution in [1.82, 2.24) is 5.43 Å². The lowest BCUT2D eigenvalue weighted by Gasteiger charge is -2.02. The van der Waals surface area contributed by atoms with Crippen molar-refractivity contribution in [2.24, 2.45) is 5.10 Å². The number of rotatable bonds is 5. The molecule has 1 amide bonds. The second kappa shape index (κ2) is 7.32. The number of unbranched alkanes of at least 4 members (excludes halogenated alkanes) is 1. The van der Waals surface area contributed by atoms with E-state index in [1.165, 1.54) is 6.21 Å². The van der Waals surface area contributed by atoms with Crippen LogP contribution in [-0.4, -0.2) is 24.0 Å². The third-order valence-electron chi connectivity index (χ3n) is 2.27. The molecule has 0 saturated heterocycles. The molecule has 0 aliphatic rings. The molecule has 1 aromatic carbocycles. The monoisotopic (exact) mass is 250 g/mol. The first kappa shape index (κ1) is 14.0. The van der Waals surface area contributed by atoms with Crippen LogP contribution in [0.5, 0.6) is 5.75 Å². The SMILES string of the molecule is CCCCOC(=O)N/N=C\c1cc(C)ccc1O. The molecule has 18 heavy (non-hydrogen) atoms. The zero-order chi connectivity index (χ0) is 13.4. The van der Waals surface area contributed by atoms with E-state index in [2.05, 4.69) is 10.5 Å². The molecule has 5 nitrogen and oxygen atoms in total. The van der Waals surface area contributed by atoms with Crippen LogP contribution in [0.1, 0.15) is 30.9 Å². The van der Waals surface area contributed by atoms with Crippen LogP contribution in [0.15, 0.2) is 23.3 Å². The number of hydrazone groups is 1.